The topological polar surface area (TPSA) is 58.6 Å². The fourth-order valence-electron chi connectivity index (χ4n) is 2.45. The van der Waals surface area contributed by atoms with Gasteiger partial charge in [0.05, 0.1) is 10.9 Å². The minimum atomic E-state index is -4.83. The van der Waals surface area contributed by atoms with Crippen molar-refractivity contribution in [3.8, 4) is 5.75 Å². The molecule has 1 N–H and O–H groups in total. The molecule has 0 fully saturated rings. The summed E-state index contributed by atoms with van der Waals surface area (Å²) in [5.41, 5.74) is 1.83. The van der Waals surface area contributed by atoms with Gasteiger partial charge in [-0.15, -0.1) is 13.2 Å². The number of likely N-dealkylation sites (N-methyl/N-ethyl adjacent to an activating group) is 1. The number of sulfonamides is 1. The van der Waals surface area contributed by atoms with E-state index in [2.05, 4.69) is 9.46 Å². The van der Waals surface area contributed by atoms with Crippen molar-refractivity contribution in [2.75, 3.05) is 20.6 Å². The smallest absolute Gasteiger partial charge is 0.406 e. The van der Waals surface area contributed by atoms with Crippen LogP contribution in [0.15, 0.2) is 53.4 Å². The van der Waals surface area contributed by atoms with Crippen LogP contribution in [0.1, 0.15) is 17.2 Å². The zero-order chi connectivity index (χ0) is 20.2. The Kier molecular flexibility index (Phi) is 6.50. The number of rotatable bonds is 7. The zero-order valence-electron chi connectivity index (χ0n) is 15.1. The van der Waals surface area contributed by atoms with E-state index in [1.165, 1.54) is 0 Å². The number of nitrogens with zero attached hydrogens (tertiary/aromatic N) is 1. The second-order valence-electron chi connectivity index (χ2n) is 6.37. The molecule has 2 rings (SSSR count). The van der Waals surface area contributed by atoms with Crippen LogP contribution >= 0.6 is 0 Å². The van der Waals surface area contributed by atoms with Crippen molar-refractivity contribution in [1.29, 1.82) is 0 Å². The highest BCUT2D eigenvalue weighted by Gasteiger charge is 2.31. The lowest BCUT2D eigenvalue weighted by atomic mass is 10.1. The minimum absolute atomic E-state index is 0.145. The van der Waals surface area contributed by atoms with Gasteiger partial charge in [0.25, 0.3) is 0 Å². The molecule has 9 heteroatoms. The van der Waals surface area contributed by atoms with Gasteiger partial charge in [0.1, 0.15) is 5.75 Å². The van der Waals surface area contributed by atoms with E-state index in [0.717, 1.165) is 35.4 Å². The minimum Gasteiger partial charge on any atom is -0.406 e. The number of halogens is 3. The van der Waals surface area contributed by atoms with Crippen LogP contribution in [0.3, 0.4) is 0 Å². The van der Waals surface area contributed by atoms with Gasteiger partial charge in [-0.1, -0.05) is 29.8 Å². The van der Waals surface area contributed by atoms with Gasteiger partial charge in [-0.05, 0) is 50.8 Å². The summed E-state index contributed by atoms with van der Waals surface area (Å²) in [7, 11) is -0.301. The van der Waals surface area contributed by atoms with Gasteiger partial charge >= 0.3 is 6.36 Å². The lowest BCUT2D eigenvalue weighted by Gasteiger charge is -2.23. The van der Waals surface area contributed by atoms with Crippen LogP contribution in [0.2, 0.25) is 0 Å². The first-order valence-corrected chi connectivity index (χ1v) is 9.54. The number of hydrogen-bond donors (Lipinski definition) is 1. The molecule has 148 valence electrons. The molecule has 2 aromatic rings. The number of aryl methyl sites for hydroxylation is 1. The average molecular weight is 402 g/mol. The normalized spacial score (nSPS) is 13.6. The largest absolute Gasteiger partial charge is 0.573 e. The van der Waals surface area contributed by atoms with Crippen molar-refractivity contribution in [1.82, 2.24) is 9.62 Å². The predicted octanol–water partition coefficient (Wildman–Crippen LogP) is 3.47. The highest BCUT2D eigenvalue weighted by molar-refractivity contribution is 7.89. The Hall–Kier alpha value is -2.10. The standard InChI is InChI=1S/C18H21F3N2O3S/c1-13-4-6-14(7-5-13)17(12-23(2)3)22-27(24,25)16-10-8-15(9-11-16)26-18(19,20)21/h4-11,17,22H,12H2,1-3H3. The van der Waals surface area contributed by atoms with Crippen molar-refractivity contribution in [2.45, 2.75) is 24.2 Å². The average Bonchev–Trinajstić information content (AvgIpc) is 2.53. The summed E-state index contributed by atoms with van der Waals surface area (Å²) >= 11 is 0. The number of hydrogen-bond acceptors (Lipinski definition) is 4. The van der Waals surface area contributed by atoms with Gasteiger partial charge in [0.15, 0.2) is 0 Å². The first-order valence-electron chi connectivity index (χ1n) is 8.06. The molecule has 0 aromatic heterocycles. The molecule has 5 nitrogen and oxygen atoms in total. The van der Waals surface area contributed by atoms with Crippen LogP contribution in [0.5, 0.6) is 5.75 Å². The van der Waals surface area contributed by atoms with Gasteiger partial charge in [0, 0.05) is 6.54 Å². The number of ether oxygens (including phenoxy) is 1. The maximum absolute atomic E-state index is 12.7. The third-order valence-corrected chi connectivity index (χ3v) is 5.18. The molecular weight excluding hydrogens is 381 g/mol. The van der Waals surface area contributed by atoms with Crippen LogP contribution in [-0.2, 0) is 10.0 Å². The summed E-state index contributed by atoms with van der Waals surface area (Å²) in [6.45, 7) is 2.34. The van der Waals surface area contributed by atoms with Gasteiger partial charge in [-0.2, -0.15) is 0 Å². The molecule has 1 unspecified atom stereocenters. The third-order valence-electron chi connectivity index (χ3n) is 3.69. The molecule has 1 atom stereocenters. The van der Waals surface area contributed by atoms with E-state index < -0.39 is 28.2 Å². The quantitative estimate of drug-likeness (QED) is 0.771. The van der Waals surface area contributed by atoms with Crippen LogP contribution in [0.4, 0.5) is 13.2 Å². The molecule has 27 heavy (non-hydrogen) atoms. The summed E-state index contributed by atoms with van der Waals surface area (Å²) < 4.78 is 68.4. The van der Waals surface area contributed by atoms with E-state index in [1.54, 1.807) is 0 Å². The van der Waals surface area contributed by atoms with Crippen LogP contribution in [0, 0.1) is 6.92 Å². The molecule has 0 aliphatic heterocycles. The van der Waals surface area contributed by atoms with Crippen LogP contribution < -0.4 is 9.46 Å². The van der Waals surface area contributed by atoms with E-state index >= 15 is 0 Å². The fourth-order valence-corrected chi connectivity index (χ4v) is 3.67. The van der Waals surface area contributed by atoms with Crippen molar-refractivity contribution >= 4 is 10.0 Å². The second kappa shape index (κ2) is 8.28. The molecular formula is C18H21F3N2O3S. The SMILES string of the molecule is Cc1ccc(C(CN(C)C)NS(=O)(=O)c2ccc(OC(F)(F)F)cc2)cc1. The van der Waals surface area contributed by atoms with E-state index in [9.17, 15) is 21.6 Å². The first kappa shape index (κ1) is 21.2. The molecule has 0 saturated carbocycles. The number of alkyl halides is 3. The van der Waals surface area contributed by atoms with Crippen LogP contribution in [0.25, 0.3) is 0 Å². The maximum Gasteiger partial charge on any atom is 0.573 e. The van der Waals surface area contributed by atoms with E-state index in [-0.39, 0.29) is 4.90 Å². The van der Waals surface area contributed by atoms with Crippen molar-refractivity contribution in [2.24, 2.45) is 0 Å². The lowest BCUT2D eigenvalue weighted by Crippen LogP contribution is -2.35. The Morgan fingerprint density at radius 1 is 1.04 bits per heavy atom. The van der Waals surface area contributed by atoms with E-state index in [1.807, 2.05) is 50.2 Å². The Balaban J connectivity index is 2.23. The highest BCUT2D eigenvalue weighted by Crippen LogP contribution is 2.25. The molecule has 0 bridgehead atoms. The number of nitrogens with one attached hydrogen (secondary N) is 1. The Bertz CT molecular complexity index is 849. The Labute approximate surface area is 156 Å². The zero-order valence-corrected chi connectivity index (χ0v) is 15.9. The van der Waals surface area contributed by atoms with Crippen LogP contribution in [-0.4, -0.2) is 40.3 Å². The molecule has 0 aliphatic rings. The van der Waals surface area contributed by atoms with Gasteiger partial charge in [0.2, 0.25) is 10.0 Å². The molecule has 0 amide bonds. The summed E-state index contributed by atoms with van der Waals surface area (Å²) in [4.78, 5) is 1.70. The van der Waals surface area contributed by atoms with E-state index in [0.29, 0.717) is 6.54 Å². The predicted molar refractivity (Wildman–Crippen MR) is 95.9 cm³/mol. The van der Waals surface area contributed by atoms with Crippen molar-refractivity contribution in [3.05, 3.63) is 59.7 Å². The molecule has 0 spiro atoms. The summed E-state index contributed by atoms with van der Waals surface area (Å²) in [6.07, 6.45) is -4.83. The molecule has 0 radical (unpaired) electrons. The first-order chi connectivity index (χ1) is 12.5. The van der Waals surface area contributed by atoms with Crippen molar-refractivity contribution in [3.63, 3.8) is 0 Å². The van der Waals surface area contributed by atoms with Gasteiger partial charge < -0.3 is 9.64 Å². The lowest BCUT2D eigenvalue weighted by molar-refractivity contribution is -0.274. The molecule has 0 aliphatic carbocycles. The number of benzene rings is 2. The van der Waals surface area contributed by atoms with Gasteiger partial charge in [-0.3, -0.25) is 0 Å². The molecule has 2 aromatic carbocycles. The summed E-state index contributed by atoms with van der Waals surface area (Å²) in [6, 6.07) is 11.0. The Morgan fingerprint density at radius 3 is 2.07 bits per heavy atom. The molecule has 0 saturated heterocycles. The van der Waals surface area contributed by atoms with E-state index in [4.69, 9.17) is 0 Å². The molecule has 0 heterocycles. The maximum atomic E-state index is 12.7. The Morgan fingerprint density at radius 2 is 1.59 bits per heavy atom. The highest BCUT2D eigenvalue weighted by atomic mass is 32.2. The van der Waals surface area contributed by atoms with Crippen molar-refractivity contribution < 1.29 is 26.3 Å². The summed E-state index contributed by atoms with van der Waals surface area (Å²) in [5, 5.41) is 0. The summed E-state index contributed by atoms with van der Waals surface area (Å²) in [5.74, 6) is -0.482. The van der Waals surface area contributed by atoms with Gasteiger partial charge in [-0.25, -0.2) is 13.1 Å². The third kappa shape index (κ3) is 6.53. The monoisotopic (exact) mass is 402 g/mol. The second-order valence-corrected chi connectivity index (χ2v) is 8.08. The fraction of sp³-hybridized carbons (Fsp3) is 0.333.